The first-order valence-electron chi connectivity index (χ1n) is 7.03. The van der Waals surface area contributed by atoms with Crippen LogP contribution in [0.15, 0.2) is 0 Å². The molecule has 4 unspecified atom stereocenters. The summed E-state index contributed by atoms with van der Waals surface area (Å²) in [5.41, 5.74) is 0. The van der Waals surface area contributed by atoms with Crippen LogP contribution in [0.5, 0.6) is 0 Å². The van der Waals surface area contributed by atoms with Crippen molar-refractivity contribution in [3.8, 4) is 0 Å². The smallest absolute Gasteiger partial charge is 0.323 e. The molecule has 0 spiro atoms. The van der Waals surface area contributed by atoms with E-state index in [4.69, 9.17) is 4.74 Å². The Morgan fingerprint density at radius 2 is 2.22 bits per heavy atom. The molecule has 1 saturated heterocycles. The number of carbonyl (C=O) groups excluding carboxylic acids is 1. The molecule has 0 amide bonds. The highest BCUT2D eigenvalue weighted by molar-refractivity contribution is 5.76. The maximum atomic E-state index is 11.8. The van der Waals surface area contributed by atoms with Gasteiger partial charge in [0.15, 0.2) is 0 Å². The van der Waals surface area contributed by atoms with Gasteiger partial charge in [-0.05, 0) is 39.3 Å². The normalized spacial score (nSPS) is 28.7. The summed E-state index contributed by atoms with van der Waals surface area (Å²) in [6.45, 7) is 7.55. The molecule has 0 aromatic rings. The number of nitrogens with one attached hydrogen (secondary N) is 1. The first-order chi connectivity index (χ1) is 8.49. The van der Waals surface area contributed by atoms with E-state index in [1.54, 1.807) is 0 Å². The minimum atomic E-state index is -0.166. The van der Waals surface area contributed by atoms with E-state index in [2.05, 4.69) is 38.0 Å². The van der Waals surface area contributed by atoms with Gasteiger partial charge >= 0.3 is 5.97 Å². The van der Waals surface area contributed by atoms with E-state index in [1.807, 2.05) is 0 Å². The number of carbonyl (C=O) groups is 1. The fourth-order valence-electron chi connectivity index (χ4n) is 2.52. The van der Waals surface area contributed by atoms with Crippen LogP contribution in [-0.2, 0) is 9.53 Å². The quantitative estimate of drug-likeness (QED) is 0.759. The minimum absolute atomic E-state index is 0.129. The molecule has 0 bridgehead atoms. The summed E-state index contributed by atoms with van der Waals surface area (Å²) in [5, 5.41) is 3.51. The lowest BCUT2D eigenvalue weighted by Crippen LogP contribution is -2.52. The van der Waals surface area contributed by atoms with E-state index < -0.39 is 0 Å². The Bertz CT molecular complexity index is 271. The van der Waals surface area contributed by atoms with Crippen LogP contribution in [0.1, 0.15) is 40.0 Å². The third kappa shape index (κ3) is 3.95. The van der Waals surface area contributed by atoms with Gasteiger partial charge in [0.05, 0.1) is 7.11 Å². The lowest BCUT2D eigenvalue weighted by molar-refractivity contribution is -0.145. The van der Waals surface area contributed by atoms with Crippen molar-refractivity contribution < 1.29 is 9.53 Å². The zero-order chi connectivity index (χ0) is 13.7. The molecule has 0 aromatic carbocycles. The number of hydrogen-bond acceptors (Lipinski definition) is 4. The average Bonchev–Trinajstić information content (AvgIpc) is 2.38. The maximum absolute atomic E-state index is 11.8. The largest absolute Gasteiger partial charge is 0.468 e. The van der Waals surface area contributed by atoms with E-state index in [0.717, 1.165) is 25.8 Å². The molecule has 0 aliphatic carbocycles. The predicted octanol–water partition coefficient (Wildman–Crippen LogP) is 1.65. The molecular formula is C14H28N2O2. The van der Waals surface area contributed by atoms with Gasteiger partial charge in [0.1, 0.15) is 6.04 Å². The van der Waals surface area contributed by atoms with Crippen molar-refractivity contribution in [3.05, 3.63) is 0 Å². The second kappa shape index (κ2) is 7.10. The van der Waals surface area contributed by atoms with Crippen molar-refractivity contribution in [1.29, 1.82) is 0 Å². The Labute approximate surface area is 111 Å². The summed E-state index contributed by atoms with van der Waals surface area (Å²) in [5.74, 6) is 0.184. The van der Waals surface area contributed by atoms with Gasteiger partial charge in [-0.2, -0.15) is 0 Å². The number of ether oxygens (including phenoxy) is 1. The van der Waals surface area contributed by atoms with Crippen LogP contribution in [0.25, 0.3) is 0 Å². The molecule has 4 heteroatoms. The van der Waals surface area contributed by atoms with Crippen LogP contribution < -0.4 is 5.32 Å². The lowest BCUT2D eigenvalue weighted by atomic mass is 9.94. The summed E-state index contributed by atoms with van der Waals surface area (Å²) in [6, 6.07) is 0.835. The standard InChI is InChI=1S/C14H28N2O2/c1-6-10(2)13(14(17)18-5)15-12-7-8-16(4)11(3)9-12/h10-13,15H,6-9H2,1-5H3. The predicted molar refractivity (Wildman–Crippen MR) is 73.5 cm³/mol. The van der Waals surface area contributed by atoms with E-state index in [-0.39, 0.29) is 12.0 Å². The van der Waals surface area contributed by atoms with Crippen molar-refractivity contribution in [2.24, 2.45) is 5.92 Å². The van der Waals surface area contributed by atoms with E-state index in [0.29, 0.717) is 18.0 Å². The Morgan fingerprint density at radius 1 is 1.56 bits per heavy atom. The zero-order valence-corrected chi connectivity index (χ0v) is 12.4. The maximum Gasteiger partial charge on any atom is 0.323 e. The zero-order valence-electron chi connectivity index (χ0n) is 12.4. The Kier molecular flexibility index (Phi) is 6.09. The molecule has 0 radical (unpaired) electrons. The van der Waals surface area contributed by atoms with Crippen molar-refractivity contribution in [1.82, 2.24) is 10.2 Å². The summed E-state index contributed by atoms with van der Waals surface area (Å²) < 4.78 is 4.91. The number of likely N-dealkylation sites (tertiary alicyclic amines) is 1. The molecule has 1 fully saturated rings. The van der Waals surface area contributed by atoms with Gasteiger partial charge in [0.25, 0.3) is 0 Å². The molecule has 1 N–H and O–H groups in total. The third-order valence-corrected chi connectivity index (χ3v) is 4.29. The van der Waals surface area contributed by atoms with Gasteiger partial charge in [-0.25, -0.2) is 0 Å². The number of piperidine rings is 1. The first-order valence-corrected chi connectivity index (χ1v) is 7.03. The fourth-order valence-corrected chi connectivity index (χ4v) is 2.52. The van der Waals surface area contributed by atoms with E-state index in [1.165, 1.54) is 7.11 Å². The van der Waals surface area contributed by atoms with E-state index in [9.17, 15) is 4.79 Å². The van der Waals surface area contributed by atoms with Crippen LogP contribution in [0.4, 0.5) is 0 Å². The van der Waals surface area contributed by atoms with Crippen molar-refractivity contribution in [2.75, 3.05) is 20.7 Å². The van der Waals surface area contributed by atoms with E-state index >= 15 is 0 Å². The molecule has 4 nitrogen and oxygen atoms in total. The highest BCUT2D eigenvalue weighted by Gasteiger charge is 2.30. The fraction of sp³-hybridized carbons (Fsp3) is 0.929. The molecule has 106 valence electrons. The van der Waals surface area contributed by atoms with Gasteiger partial charge in [0, 0.05) is 12.1 Å². The molecule has 1 heterocycles. The molecule has 4 atom stereocenters. The molecule has 0 aromatic heterocycles. The monoisotopic (exact) mass is 256 g/mol. The summed E-state index contributed by atoms with van der Waals surface area (Å²) in [6.07, 6.45) is 3.18. The molecule has 18 heavy (non-hydrogen) atoms. The van der Waals surface area contributed by atoms with Crippen LogP contribution in [-0.4, -0.2) is 49.7 Å². The molecule has 1 aliphatic heterocycles. The van der Waals surface area contributed by atoms with Gasteiger partial charge in [-0.1, -0.05) is 20.3 Å². The SMILES string of the molecule is CCC(C)C(NC1CCN(C)C(C)C1)C(=O)OC. The average molecular weight is 256 g/mol. The summed E-state index contributed by atoms with van der Waals surface area (Å²) in [7, 11) is 3.63. The van der Waals surface area contributed by atoms with Crippen molar-refractivity contribution in [3.63, 3.8) is 0 Å². The minimum Gasteiger partial charge on any atom is -0.468 e. The molecule has 1 rings (SSSR count). The van der Waals surface area contributed by atoms with Gasteiger partial charge in [0.2, 0.25) is 0 Å². The van der Waals surface area contributed by atoms with Gasteiger partial charge < -0.3 is 15.0 Å². The van der Waals surface area contributed by atoms with Crippen molar-refractivity contribution >= 4 is 5.97 Å². The van der Waals surface area contributed by atoms with Crippen LogP contribution in [0.3, 0.4) is 0 Å². The Hall–Kier alpha value is -0.610. The number of esters is 1. The number of hydrogen-bond donors (Lipinski definition) is 1. The lowest BCUT2D eigenvalue weighted by Gasteiger charge is -2.37. The first kappa shape index (κ1) is 15.4. The number of nitrogens with zero attached hydrogens (tertiary/aromatic N) is 1. The Balaban J connectivity index is 2.58. The van der Waals surface area contributed by atoms with Crippen LogP contribution >= 0.6 is 0 Å². The topological polar surface area (TPSA) is 41.6 Å². The van der Waals surface area contributed by atoms with Gasteiger partial charge in [-0.15, -0.1) is 0 Å². The molecule has 0 saturated carbocycles. The number of rotatable bonds is 5. The van der Waals surface area contributed by atoms with Crippen LogP contribution in [0, 0.1) is 5.92 Å². The second-order valence-electron chi connectivity index (χ2n) is 5.60. The second-order valence-corrected chi connectivity index (χ2v) is 5.60. The molecular weight excluding hydrogens is 228 g/mol. The Morgan fingerprint density at radius 3 is 2.72 bits per heavy atom. The summed E-state index contributed by atoms with van der Waals surface area (Å²) >= 11 is 0. The number of methoxy groups -OCH3 is 1. The highest BCUT2D eigenvalue weighted by atomic mass is 16.5. The third-order valence-electron chi connectivity index (χ3n) is 4.29. The van der Waals surface area contributed by atoms with Crippen LogP contribution in [0.2, 0.25) is 0 Å². The summed E-state index contributed by atoms with van der Waals surface area (Å²) in [4.78, 5) is 14.2. The van der Waals surface area contributed by atoms with Gasteiger partial charge in [-0.3, -0.25) is 4.79 Å². The highest BCUT2D eigenvalue weighted by Crippen LogP contribution is 2.18. The van der Waals surface area contributed by atoms with Crippen molar-refractivity contribution in [2.45, 2.75) is 58.2 Å². The molecule has 1 aliphatic rings.